The SMILES string of the molecule is Cc1ccc(C)c(N[C@H](C)C(=O)NC(C)C)c1. The van der Waals surface area contributed by atoms with Crippen molar-refractivity contribution in [1.82, 2.24) is 5.32 Å². The maximum Gasteiger partial charge on any atom is 0.242 e. The third kappa shape index (κ3) is 4.10. The average molecular weight is 234 g/mol. The van der Waals surface area contributed by atoms with Crippen LogP contribution in [0.15, 0.2) is 18.2 Å². The molecule has 0 aromatic heterocycles. The van der Waals surface area contributed by atoms with Gasteiger partial charge in [-0.05, 0) is 51.8 Å². The van der Waals surface area contributed by atoms with E-state index in [1.165, 1.54) is 5.56 Å². The lowest BCUT2D eigenvalue weighted by Crippen LogP contribution is -2.41. The Bertz CT molecular complexity index is 399. The molecule has 0 bridgehead atoms. The maximum atomic E-state index is 11.8. The quantitative estimate of drug-likeness (QED) is 0.841. The van der Waals surface area contributed by atoms with Gasteiger partial charge in [0.15, 0.2) is 0 Å². The average Bonchev–Trinajstić information content (AvgIpc) is 2.22. The predicted molar refractivity (Wildman–Crippen MR) is 72.3 cm³/mol. The van der Waals surface area contributed by atoms with Crippen LogP contribution in [0, 0.1) is 13.8 Å². The van der Waals surface area contributed by atoms with Gasteiger partial charge in [0.1, 0.15) is 6.04 Å². The minimum atomic E-state index is -0.224. The van der Waals surface area contributed by atoms with Gasteiger partial charge < -0.3 is 10.6 Å². The zero-order chi connectivity index (χ0) is 13.0. The zero-order valence-electron chi connectivity index (χ0n) is 11.3. The van der Waals surface area contributed by atoms with Crippen molar-refractivity contribution in [1.29, 1.82) is 0 Å². The molecule has 2 N–H and O–H groups in total. The van der Waals surface area contributed by atoms with Gasteiger partial charge in [0.2, 0.25) is 5.91 Å². The van der Waals surface area contributed by atoms with E-state index in [0.29, 0.717) is 0 Å². The monoisotopic (exact) mass is 234 g/mol. The Morgan fingerprint density at radius 2 is 1.82 bits per heavy atom. The molecule has 1 atom stereocenters. The standard InChI is InChI=1S/C14H22N2O/c1-9(2)15-14(17)12(5)16-13-8-10(3)6-7-11(13)4/h6-9,12,16H,1-5H3,(H,15,17)/t12-/m1/s1. The summed E-state index contributed by atoms with van der Waals surface area (Å²) in [6, 6.07) is 6.14. The Hall–Kier alpha value is -1.51. The second kappa shape index (κ2) is 5.71. The van der Waals surface area contributed by atoms with Crippen LogP contribution in [0.5, 0.6) is 0 Å². The van der Waals surface area contributed by atoms with Gasteiger partial charge in [0, 0.05) is 11.7 Å². The largest absolute Gasteiger partial charge is 0.374 e. The summed E-state index contributed by atoms with van der Waals surface area (Å²) in [6.07, 6.45) is 0. The molecule has 17 heavy (non-hydrogen) atoms. The van der Waals surface area contributed by atoms with E-state index < -0.39 is 0 Å². The molecule has 0 spiro atoms. The number of nitrogens with one attached hydrogen (secondary N) is 2. The number of hydrogen-bond acceptors (Lipinski definition) is 2. The molecule has 94 valence electrons. The molecule has 1 aromatic carbocycles. The van der Waals surface area contributed by atoms with Crippen LogP contribution in [0.1, 0.15) is 31.9 Å². The van der Waals surface area contributed by atoms with Crippen molar-refractivity contribution in [2.45, 2.75) is 46.7 Å². The normalized spacial score (nSPS) is 12.4. The fourth-order valence-corrected chi connectivity index (χ4v) is 1.60. The summed E-state index contributed by atoms with van der Waals surface area (Å²) in [5.41, 5.74) is 3.37. The van der Waals surface area contributed by atoms with Gasteiger partial charge in [-0.15, -0.1) is 0 Å². The van der Waals surface area contributed by atoms with Crippen LogP contribution < -0.4 is 10.6 Å². The first kappa shape index (κ1) is 13.6. The van der Waals surface area contributed by atoms with E-state index in [4.69, 9.17) is 0 Å². The van der Waals surface area contributed by atoms with Gasteiger partial charge in [-0.3, -0.25) is 4.79 Å². The first-order chi connectivity index (χ1) is 7.90. The fourth-order valence-electron chi connectivity index (χ4n) is 1.60. The second-order valence-electron chi connectivity index (χ2n) is 4.85. The molecule has 1 amide bonds. The van der Waals surface area contributed by atoms with Gasteiger partial charge in [-0.2, -0.15) is 0 Å². The molecule has 0 aliphatic carbocycles. The van der Waals surface area contributed by atoms with Crippen molar-refractivity contribution in [2.75, 3.05) is 5.32 Å². The second-order valence-corrected chi connectivity index (χ2v) is 4.85. The lowest BCUT2D eigenvalue weighted by Gasteiger charge is -2.18. The highest BCUT2D eigenvalue weighted by molar-refractivity contribution is 5.84. The van der Waals surface area contributed by atoms with E-state index in [1.807, 2.05) is 34.6 Å². The molecule has 0 fully saturated rings. The van der Waals surface area contributed by atoms with Crippen molar-refractivity contribution in [2.24, 2.45) is 0 Å². The number of benzene rings is 1. The van der Waals surface area contributed by atoms with Gasteiger partial charge in [0.25, 0.3) is 0 Å². The molecule has 0 saturated carbocycles. The van der Waals surface area contributed by atoms with Crippen LogP contribution in [0.4, 0.5) is 5.69 Å². The van der Waals surface area contributed by atoms with Crippen LogP contribution >= 0.6 is 0 Å². The first-order valence-electron chi connectivity index (χ1n) is 6.04. The molecule has 3 heteroatoms. The number of anilines is 1. The summed E-state index contributed by atoms with van der Waals surface area (Å²) in [7, 11) is 0. The highest BCUT2D eigenvalue weighted by Crippen LogP contribution is 2.17. The molecular weight excluding hydrogens is 212 g/mol. The van der Waals surface area contributed by atoms with Crippen LogP contribution in [0.3, 0.4) is 0 Å². The van der Waals surface area contributed by atoms with E-state index in [-0.39, 0.29) is 18.0 Å². The van der Waals surface area contributed by atoms with E-state index in [0.717, 1.165) is 11.3 Å². The van der Waals surface area contributed by atoms with Gasteiger partial charge >= 0.3 is 0 Å². The molecule has 1 aromatic rings. The molecule has 1 rings (SSSR count). The zero-order valence-corrected chi connectivity index (χ0v) is 11.3. The third-order valence-electron chi connectivity index (χ3n) is 2.59. The summed E-state index contributed by atoms with van der Waals surface area (Å²) in [4.78, 5) is 11.8. The molecule has 0 radical (unpaired) electrons. The summed E-state index contributed by atoms with van der Waals surface area (Å²) < 4.78 is 0. The number of amides is 1. The third-order valence-corrected chi connectivity index (χ3v) is 2.59. The molecule has 3 nitrogen and oxygen atoms in total. The van der Waals surface area contributed by atoms with E-state index in [9.17, 15) is 4.79 Å². The van der Waals surface area contributed by atoms with E-state index in [2.05, 4.69) is 28.8 Å². The Kier molecular flexibility index (Phi) is 4.55. The minimum absolute atomic E-state index is 0.0286. The molecular formula is C14H22N2O. The molecule has 0 aliphatic heterocycles. The predicted octanol–water partition coefficient (Wildman–Crippen LogP) is 2.63. The van der Waals surface area contributed by atoms with E-state index in [1.54, 1.807) is 0 Å². The van der Waals surface area contributed by atoms with Crippen LogP contribution in [-0.2, 0) is 4.79 Å². The Balaban J connectivity index is 2.70. The van der Waals surface area contributed by atoms with Gasteiger partial charge in [0.05, 0.1) is 0 Å². The number of carbonyl (C=O) groups is 1. The fraction of sp³-hybridized carbons (Fsp3) is 0.500. The van der Waals surface area contributed by atoms with Crippen LogP contribution in [0.2, 0.25) is 0 Å². The lowest BCUT2D eigenvalue weighted by atomic mass is 10.1. The van der Waals surface area contributed by atoms with Gasteiger partial charge in [-0.1, -0.05) is 12.1 Å². The molecule has 0 heterocycles. The van der Waals surface area contributed by atoms with E-state index >= 15 is 0 Å². The number of aryl methyl sites for hydroxylation is 2. The summed E-state index contributed by atoms with van der Waals surface area (Å²) in [5.74, 6) is 0.0286. The van der Waals surface area contributed by atoms with Crippen molar-refractivity contribution in [3.05, 3.63) is 29.3 Å². The van der Waals surface area contributed by atoms with Crippen molar-refractivity contribution in [3.8, 4) is 0 Å². The Morgan fingerprint density at radius 1 is 1.18 bits per heavy atom. The minimum Gasteiger partial charge on any atom is -0.374 e. The van der Waals surface area contributed by atoms with Crippen molar-refractivity contribution < 1.29 is 4.79 Å². The number of rotatable bonds is 4. The molecule has 0 unspecified atom stereocenters. The highest BCUT2D eigenvalue weighted by atomic mass is 16.2. The Labute approximate surface area is 104 Å². The lowest BCUT2D eigenvalue weighted by molar-refractivity contribution is -0.122. The Morgan fingerprint density at radius 3 is 2.41 bits per heavy atom. The van der Waals surface area contributed by atoms with Crippen LogP contribution in [-0.4, -0.2) is 18.0 Å². The topological polar surface area (TPSA) is 41.1 Å². The smallest absolute Gasteiger partial charge is 0.242 e. The maximum absolute atomic E-state index is 11.8. The number of hydrogen-bond donors (Lipinski definition) is 2. The summed E-state index contributed by atoms with van der Waals surface area (Å²) in [6.45, 7) is 9.88. The summed E-state index contributed by atoms with van der Waals surface area (Å²) >= 11 is 0. The first-order valence-corrected chi connectivity index (χ1v) is 6.04. The summed E-state index contributed by atoms with van der Waals surface area (Å²) in [5, 5.41) is 6.14. The van der Waals surface area contributed by atoms with Gasteiger partial charge in [-0.25, -0.2) is 0 Å². The highest BCUT2D eigenvalue weighted by Gasteiger charge is 2.13. The van der Waals surface area contributed by atoms with Crippen molar-refractivity contribution in [3.63, 3.8) is 0 Å². The molecule has 0 saturated heterocycles. The van der Waals surface area contributed by atoms with Crippen LogP contribution in [0.25, 0.3) is 0 Å². The van der Waals surface area contributed by atoms with Crippen molar-refractivity contribution >= 4 is 11.6 Å². The number of carbonyl (C=O) groups excluding carboxylic acids is 1. The molecule has 0 aliphatic rings.